The van der Waals surface area contributed by atoms with Crippen molar-refractivity contribution in [2.75, 3.05) is 7.11 Å². The summed E-state index contributed by atoms with van der Waals surface area (Å²) in [6.07, 6.45) is -4.51. The molecule has 0 aliphatic carbocycles. The molecule has 0 radical (unpaired) electrons. The fourth-order valence-electron chi connectivity index (χ4n) is 2.51. The monoisotopic (exact) mass is 391 g/mol. The number of nitrogens with zero attached hydrogens (tertiary/aromatic N) is 2. The van der Waals surface area contributed by atoms with Crippen LogP contribution in [0.15, 0.2) is 53.1 Å². The maximum absolute atomic E-state index is 12.5. The number of carbonyl (C=O) groups excluding carboxylic acids is 1. The summed E-state index contributed by atoms with van der Waals surface area (Å²) >= 11 is 0. The minimum Gasteiger partial charge on any atom is -0.496 e. The lowest BCUT2D eigenvalue weighted by molar-refractivity contribution is -0.159. The molecule has 0 bridgehead atoms. The summed E-state index contributed by atoms with van der Waals surface area (Å²) in [6.45, 7) is 0.272. The highest BCUT2D eigenvalue weighted by molar-refractivity contribution is 5.79. The van der Waals surface area contributed by atoms with E-state index in [4.69, 9.17) is 4.74 Å². The molecule has 0 spiro atoms. The second-order valence-electron chi connectivity index (χ2n) is 5.88. The Morgan fingerprint density at radius 1 is 1.14 bits per heavy atom. The maximum atomic E-state index is 12.5. The lowest BCUT2D eigenvalue weighted by Crippen LogP contribution is -2.24. The lowest BCUT2D eigenvalue weighted by Gasteiger charge is -2.09. The first-order valence-electron chi connectivity index (χ1n) is 8.25. The Balaban J connectivity index is 1.58. The fraction of sp³-hybridized carbons (Fsp3) is 0.211. The van der Waals surface area contributed by atoms with Crippen LogP contribution in [0.3, 0.4) is 0 Å². The van der Waals surface area contributed by atoms with Crippen molar-refractivity contribution in [3.63, 3.8) is 0 Å². The van der Waals surface area contributed by atoms with Crippen molar-refractivity contribution in [2.45, 2.75) is 19.1 Å². The number of hydrogen-bond acceptors (Lipinski definition) is 5. The van der Waals surface area contributed by atoms with Gasteiger partial charge in [0.05, 0.1) is 13.5 Å². The van der Waals surface area contributed by atoms with Gasteiger partial charge in [-0.05, 0) is 11.6 Å². The van der Waals surface area contributed by atoms with Crippen LogP contribution >= 0.6 is 0 Å². The van der Waals surface area contributed by atoms with E-state index in [9.17, 15) is 18.0 Å². The molecule has 0 fully saturated rings. The van der Waals surface area contributed by atoms with Crippen molar-refractivity contribution in [2.24, 2.45) is 0 Å². The number of carbonyl (C=O) groups is 1. The molecule has 1 N–H and O–H groups in total. The number of ether oxygens (including phenoxy) is 1. The number of methoxy groups -OCH3 is 1. The van der Waals surface area contributed by atoms with E-state index in [0.717, 1.165) is 11.1 Å². The average Bonchev–Trinajstić information content (AvgIpc) is 3.18. The number of halogens is 3. The summed E-state index contributed by atoms with van der Waals surface area (Å²) in [7, 11) is 1.54. The summed E-state index contributed by atoms with van der Waals surface area (Å²) in [5, 5.41) is 6.12. The molecule has 3 aromatic rings. The zero-order valence-corrected chi connectivity index (χ0v) is 14.8. The van der Waals surface area contributed by atoms with Gasteiger partial charge >= 0.3 is 12.1 Å². The number of amides is 1. The minimum atomic E-state index is -4.68. The molecule has 0 saturated carbocycles. The Bertz CT molecular complexity index is 953. The van der Waals surface area contributed by atoms with Crippen LogP contribution in [0.4, 0.5) is 13.2 Å². The average molecular weight is 391 g/mol. The van der Waals surface area contributed by atoms with E-state index in [0.29, 0.717) is 11.3 Å². The number of rotatable bonds is 6. The van der Waals surface area contributed by atoms with Crippen molar-refractivity contribution < 1.29 is 27.2 Å². The van der Waals surface area contributed by atoms with Crippen LogP contribution in [0.1, 0.15) is 17.0 Å². The molecule has 3 rings (SSSR count). The lowest BCUT2D eigenvalue weighted by atomic mass is 10.1. The Morgan fingerprint density at radius 3 is 2.50 bits per heavy atom. The van der Waals surface area contributed by atoms with Gasteiger partial charge in [0, 0.05) is 17.7 Å². The number of nitrogens with one attached hydrogen (secondary N) is 1. The largest absolute Gasteiger partial charge is 0.496 e. The van der Waals surface area contributed by atoms with E-state index in [-0.39, 0.29) is 24.7 Å². The van der Waals surface area contributed by atoms with Gasteiger partial charge in [-0.25, -0.2) is 0 Å². The number of benzene rings is 2. The molecule has 1 heterocycles. The first kappa shape index (κ1) is 19.4. The molecule has 2 aromatic carbocycles. The number of aromatic nitrogens is 2. The highest BCUT2D eigenvalue weighted by Gasteiger charge is 2.38. The van der Waals surface area contributed by atoms with Crippen LogP contribution < -0.4 is 10.1 Å². The van der Waals surface area contributed by atoms with Crippen molar-refractivity contribution in [1.82, 2.24) is 15.5 Å². The van der Waals surface area contributed by atoms with Crippen LogP contribution in [0.25, 0.3) is 11.4 Å². The predicted molar refractivity (Wildman–Crippen MR) is 93.3 cm³/mol. The van der Waals surface area contributed by atoms with E-state index in [1.165, 1.54) is 0 Å². The number of alkyl halides is 3. The van der Waals surface area contributed by atoms with E-state index >= 15 is 0 Å². The SMILES string of the molecule is COc1ccccc1CC(=O)NCc1ccc(-c2noc(C(F)(F)F)n2)cc1. The Labute approximate surface area is 158 Å². The van der Waals surface area contributed by atoms with Crippen LogP contribution in [-0.2, 0) is 23.9 Å². The highest BCUT2D eigenvalue weighted by Crippen LogP contribution is 2.29. The van der Waals surface area contributed by atoms with Crippen LogP contribution in [0.5, 0.6) is 5.75 Å². The van der Waals surface area contributed by atoms with E-state index < -0.39 is 12.1 Å². The molecular weight excluding hydrogens is 375 g/mol. The van der Waals surface area contributed by atoms with Gasteiger partial charge < -0.3 is 14.6 Å². The molecule has 0 saturated heterocycles. The summed E-state index contributed by atoms with van der Waals surface area (Å²) < 4.78 is 47.0. The van der Waals surface area contributed by atoms with E-state index in [2.05, 4.69) is 20.0 Å². The Kier molecular flexibility index (Phi) is 5.62. The number of hydrogen-bond donors (Lipinski definition) is 1. The summed E-state index contributed by atoms with van der Waals surface area (Å²) in [5.41, 5.74) is 1.93. The Hall–Kier alpha value is -3.36. The third kappa shape index (κ3) is 4.67. The zero-order valence-electron chi connectivity index (χ0n) is 14.8. The highest BCUT2D eigenvalue weighted by atomic mass is 19.4. The van der Waals surface area contributed by atoms with Crippen molar-refractivity contribution >= 4 is 5.91 Å². The molecular formula is C19H16F3N3O3. The molecule has 6 nitrogen and oxygen atoms in total. The standard InChI is InChI=1S/C19H16F3N3O3/c1-27-15-5-3-2-4-14(15)10-16(26)23-11-12-6-8-13(9-7-12)17-24-18(28-25-17)19(20,21)22/h2-9H,10-11H2,1H3,(H,23,26). The van der Waals surface area contributed by atoms with Gasteiger partial charge in [0.25, 0.3) is 0 Å². The molecule has 1 amide bonds. The van der Waals surface area contributed by atoms with Crippen molar-refractivity contribution in [3.8, 4) is 17.1 Å². The van der Waals surface area contributed by atoms with Gasteiger partial charge in [-0.2, -0.15) is 18.2 Å². The molecule has 0 aliphatic rings. The van der Waals surface area contributed by atoms with Gasteiger partial charge in [-0.3, -0.25) is 4.79 Å². The van der Waals surface area contributed by atoms with Gasteiger partial charge in [-0.15, -0.1) is 0 Å². The topological polar surface area (TPSA) is 77.2 Å². The number of para-hydroxylation sites is 1. The molecule has 0 atom stereocenters. The molecule has 0 aliphatic heterocycles. The smallest absolute Gasteiger partial charge is 0.471 e. The van der Waals surface area contributed by atoms with Crippen LogP contribution in [-0.4, -0.2) is 23.2 Å². The minimum absolute atomic E-state index is 0.154. The third-order valence-corrected chi connectivity index (χ3v) is 3.91. The second-order valence-corrected chi connectivity index (χ2v) is 5.88. The summed E-state index contributed by atoms with van der Waals surface area (Å²) in [4.78, 5) is 15.5. The molecule has 1 aromatic heterocycles. The predicted octanol–water partition coefficient (Wildman–Crippen LogP) is 3.62. The van der Waals surface area contributed by atoms with Crippen molar-refractivity contribution in [1.29, 1.82) is 0 Å². The van der Waals surface area contributed by atoms with E-state index in [1.54, 1.807) is 37.4 Å². The zero-order chi connectivity index (χ0) is 20.1. The van der Waals surface area contributed by atoms with Crippen molar-refractivity contribution in [3.05, 3.63) is 65.5 Å². The normalized spacial score (nSPS) is 11.3. The van der Waals surface area contributed by atoms with Gasteiger partial charge in [0.2, 0.25) is 11.7 Å². The van der Waals surface area contributed by atoms with Gasteiger partial charge in [0.15, 0.2) is 0 Å². The Morgan fingerprint density at radius 2 is 1.86 bits per heavy atom. The first-order chi connectivity index (χ1) is 13.4. The van der Waals surface area contributed by atoms with Gasteiger partial charge in [0.1, 0.15) is 5.75 Å². The molecule has 9 heteroatoms. The summed E-state index contributed by atoms with van der Waals surface area (Å²) in [5.74, 6) is -1.09. The molecule has 28 heavy (non-hydrogen) atoms. The first-order valence-corrected chi connectivity index (χ1v) is 8.25. The maximum Gasteiger partial charge on any atom is 0.471 e. The molecule has 146 valence electrons. The third-order valence-electron chi connectivity index (χ3n) is 3.91. The molecule has 0 unspecified atom stereocenters. The van der Waals surface area contributed by atoms with Crippen LogP contribution in [0.2, 0.25) is 0 Å². The fourth-order valence-corrected chi connectivity index (χ4v) is 2.51. The van der Waals surface area contributed by atoms with E-state index in [1.807, 2.05) is 18.2 Å². The van der Waals surface area contributed by atoms with Gasteiger partial charge in [-0.1, -0.05) is 47.6 Å². The summed E-state index contributed by atoms with van der Waals surface area (Å²) in [6, 6.07) is 13.7. The quantitative estimate of drug-likeness (QED) is 0.695. The second kappa shape index (κ2) is 8.12. The van der Waals surface area contributed by atoms with Crippen LogP contribution in [0, 0.1) is 0 Å².